The largest absolute Gasteiger partial charge is 0.507 e. The molecule has 334 valence electrons. The number of fused-ring (bicyclic) bond motifs is 1. The average Bonchev–Trinajstić information content (AvgIpc) is 3.71. The van der Waals surface area contributed by atoms with E-state index < -0.39 is 0 Å². The van der Waals surface area contributed by atoms with Crippen LogP contribution in [0.2, 0.25) is 0 Å². The predicted octanol–water partition coefficient (Wildman–Crippen LogP) is 16.6. The Morgan fingerprint density at radius 3 is 1.82 bits per heavy atom. The quantitative estimate of drug-likeness (QED) is 0.139. The van der Waals surface area contributed by atoms with Crippen LogP contribution in [0.3, 0.4) is 0 Å². The molecule has 0 unspecified atom stereocenters. The van der Waals surface area contributed by atoms with Crippen molar-refractivity contribution in [3.05, 3.63) is 192 Å². The molecule has 9 rings (SSSR count). The van der Waals surface area contributed by atoms with Crippen molar-refractivity contribution >= 4 is 11.0 Å². The van der Waals surface area contributed by atoms with Crippen LogP contribution in [0.15, 0.2) is 164 Å². The SMILES string of the molecule is CC(C)c1ccc(-n2c(-c3cc(C(C)C)cc(C(C)C)c3O)nc3c(-c4[c-]c(-c5cc(-c6ccc(C(C)(C)C)cc6)ccn5)cc(-c5ccccc5)c4)cccc32)c(-c2ccccc2)c1.[Pt]. The van der Waals surface area contributed by atoms with Crippen LogP contribution in [0.4, 0.5) is 0 Å². The van der Waals surface area contributed by atoms with E-state index in [0.29, 0.717) is 17.3 Å². The molecule has 0 amide bonds. The molecular formula is C61H58N3OPt-. The van der Waals surface area contributed by atoms with E-state index in [9.17, 15) is 5.11 Å². The molecule has 0 saturated carbocycles. The number of hydrogen-bond donors (Lipinski definition) is 1. The van der Waals surface area contributed by atoms with Crippen LogP contribution in [0.25, 0.3) is 83.9 Å². The predicted molar refractivity (Wildman–Crippen MR) is 273 cm³/mol. The monoisotopic (exact) mass is 1040 g/mol. The Bertz CT molecular complexity index is 3160. The summed E-state index contributed by atoms with van der Waals surface area (Å²) >= 11 is 0. The van der Waals surface area contributed by atoms with Gasteiger partial charge in [-0.3, -0.25) is 9.55 Å². The molecule has 5 heteroatoms. The number of phenolic OH excluding ortho intramolecular Hbond substituents is 1. The summed E-state index contributed by atoms with van der Waals surface area (Å²) in [7, 11) is 0. The topological polar surface area (TPSA) is 50.9 Å². The normalized spacial score (nSPS) is 11.8. The van der Waals surface area contributed by atoms with Gasteiger partial charge in [-0.05, 0) is 98.0 Å². The molecule has 0 fully saturated rings. The summed E-state index contributed by atoms with van der Waals surface area (Å²) in [6.45, 7) is 19.9. The molecule has 0 spiro atoms. The fourth-order valence-electron chi connectivity index (χ4n) is 8.89. The van der Waals surface area contributed by atoms with Crippen molar-refractivity contribution in [2.75, 3.05) is 0 Å². The number of pyridine rings is 1. The molecule has 7 aromatic carbocycles. The molecule has 0 aliphatic carbocycles. The zero-order chi connectivity index (χ0) is 45.6. The number of para-hydroxylation sites is 1. The number of hydrogen-bond acceptors (Lipinski definition) is 3. The third kappa shape index (κ3) is 9.09. The van der Waals surface area contributed by atoms with E-state index >= 15 is 0 Å². The van der Waals surface area contributed by atoms with Gasteiger partial charge in [0.1, 0.15) is 11.6 Å². The van der Waals surface area contributed by atoms with Crippen molar-refractivity contribution in [1.82, 2.24) is 14.5 Å². The Kier molecular flexibility index (Phi) is 13.2. The molecule has 0 aliphatic rings. The summed E-state index contributed by atoms with van der Waals surface area (Å²) < 4.78 is 2.27. The van der Waals surface area contributed by atoms with Gasteiger partial charge in [-0.15, -0.1) is 23.8 Å². The molecule has 2 aromatic heterocycles. The Morgan fingerprint density at radius 2 is 1.17 bits per heavy atom. The number of benzene rings is 7. The van der Waals surface area contributed by atoms with E-state index in [4.69, 9.17) is 9.97 Å². The summed E-state index contributed by atoms with van der Waals surface area (Å²) in [5.41, 5.74) is 18.4. The Morgan fingerprint density at radius 1 is 0.530 bits per heavy atom. The van der Waals surface area contributed by atoms with Gasteiger partial charge in [-0.25, -0.2) is 4.98 Å². The van der Waals surface area contributed by atoms with E-state index in [1.165, 1.54) is 11.1 Å². The second kappa shape index (κ2) is 18.9. The number of imidazole rings is 1. The molecule has 0 saturated heterocycles. The first-order valence-corrected chi connectivity index (χ1v) is 23.0. The number of phenols is 1. The first-order chi connectivity index (χ1) is 31.2. The molecular weight excluding hydrogens is 986 g/mol. The Labute approximate surface area is 405 Å². The van der Waals surface area contributed by atoms with Crippen LogP contribution < -0.4 is 0 Å². The van der Waals surface area contributed by atoms with Crippen LogP contribution in [-0.4, -0.2) is 19.6 Å². The first-order valence-electron chi connectivity index (χ1n) is 23.0. The maximum atomic E-state index is 12.3. The van der Waals surface area contributed by atoms with E-state index in [1.807, 2.05) is 6.20 Å². The zero-order valence-electron chi connectivity index (χ0n) is 39.4. The summed E-state index contributed by atoms with van der Waals surface area (Å²) in [6.07, 6.45) is 1.90. The van der Waals surface area contributed by atoms with Crippen molar-refractivity contribution in [3.8, 4) is 78.6 Å². The van der Waals surface area contributed by atoms with Gasteiger partial charge < -0.3 is 5.11 Å². The van der Waals surface area contributed by atoms with E-state index in [0.717, 1.165) is 83.6 Å². The standard InChI is InChI=1S/C61H58N3O.Pt/c1-38(2)44-25-28-56(53(34-44)43-19-14-11-15-20-43)64-57-22-16-21-51(58(57)63-60(64)54-36-46(39(3)4)35-52(40(5)6)59(54)65)48-31-47(41-17-12-10-13-18-41)32-49(33-48)55-37-45(29-30-62-55)42-23-26-50(27-24-42)61(7,8)9;/h10-32,34-40,65H,1-9H3;/q-1;. The van der Waals surface area contributed by atoms with E-state index in [-0.39, 0.29) is 44.1 Å². The fourth-order valence-corrected chi connectivity index (χ4v) is 8.89. The first kappa shape index (κ1) is 46.2. The minimum atomic E-state index is 0. The van der Waals surface area contributed by atoms with Crippen molar-refractivity contribution in [1.29, 1.82) is 0 Å². The Balaban J connectivity index is 0.00000592. The molecule has 0 bridgehead atoms. The minimum absolute atomic E-state index is 0. The van der Waals surface area contributed by atoms with Crippen LogP contribution >= 0.6 is 0 Å². The molecule has 0 atom stereocenters. The van der Waals surface area contributed by atoms with Crippen molar-refractivity contribution in [2.24, 2.45) is 0 Å². The molecule has 0 radical (unpaired) electrons. The van der Waals surface area contributed by atoms with Crippen molar-refractivity contribution in [3.63, 3.8) is 0 Å². The summed E-state index contributed by atoms with van der Waals surface area (Å²) in [5, 5.41) is 12.3. The third-order valence-corrected chi connectivity index (χ3v) is 12.8. The molecule has 66 heavy (non-hydrogen) atoms. The second-order valence-corrected chi connectivity index (χ2v) is 19.4. The summed E-state index contributed by atoms with van der Waals surface area (Å²) in [5.74, 6) is 1.64. The smallest absolute Gasteiger partial charge is 0.148 e. The summed E-state index contributed by atoms with van der Waals surface area (Å²) in [6, 6.07) is 60.1. The van der Waals surface area contributed by atoms with Gasteiger partial charge in [-0.2, -0.15) is 0 Å². The number of aromatic nitrogens is 3. The minimum Gasteiger partial charge on any atom is -0.507 e. The van der Waals surface area contributed by atoms with Gasteiger partial charge >= 0.3 is 0 Å². The number of nitrogens with zero attached hydrogens (tertiary/aromatic N) is 3. The summed E-state index contributed by atoms with van der Waals surface area (Å²) in [4.78, 5) is 10.6. The van der Waals surface area contributed by atoms with Crippen LogP contribution in [0.1, 0.15) is 102 Å². The average molecular weight is 1040 g/mol. The zero-order valence-corrected chi connectivity index (χ0v) is 41.7. The van der Waals surface area contributed by atoms with Crippen LogP contribution in [0.5, 0.6) is 5.75 Å². The molecule has 1 N–H and O–H groups in total. The van der Waals surface area contributed by atoms with Gasteiger partial charge in [0, 0.05) is 38.5 Å². The van der Waals surface area contributed by atoms with Gasteiger partial charge in [0.05, 0.1) is 22.3 Å². The van der Waals surface area contributed by atoms with Gasteiger partial charge in [-0.1, -0.05) is 194 Å². The molecule has 0 aliphatic heterocycles. The Hall–Kier alpha value is -6.35. The maximum Gasteiger partial charge on any atom is 0.148 e. The van der Waals surface area contributed by atoms with Crippen molar-refractivity contribution < 1.29 is 26.2 Å². The fraction of sp³-hybridized carbons (Fsp3) is 0.213. The molecule has 9 aromatic rings. The van der Waals surface area contributed by atoms with Crippen LogP contribution in [-0.2, 0) is 26.5 Å². The van der Waals surface area contributed by atoms with Crippen LogP contribution in [0, 0.1) is 6.07 Å². The third-order valence-electron chi connectivity index (χ3n) is 12.8. The number of aromatic hydroxyl groups is 1. The van der Waals surface area contributed by atoms with Gasteiger partial charge in [0.15, 0.2) is 0 Å². The molecule has 2 heterocycles. The van der Waals surface area contributed by atoms with Crippen molar-refractivity contribution in [2.45, 2.75) is 85.5 Å². The van der Waals surface area contributed by atoms with Gasteiger partial charge in [0.2, 0.25) is 0 Å². The molecule has 4 nitrogen and oxygen atoms in total. The van der Waals surface area contributed by atoms with E-state index in [1.54, 1.807) is 0 Å². The maximum absolute atomic E-state index is 12.3. The van der Waals surface area contributed by atoms with Gasteiger partial charge in [0.25, 0.3) is 0 Å². The number of rotatable bonds is 10. The second-order valence-electron chi connectivity index (χ2n) is 19.4. The van der Waals surface area contributed by atoms with E-state index in [2.05, 4.69) is 231 Å².